The maximum atomic E-state index is 13.1. The predicted molar refractivity (Wildman–Crippen MR) is 115 cm³/mol. The van der Waals surface area contributed by atoms with Crippen LogP contribution in [0.3, 0.4) is 0 Å². The van der Waals surface area contributed by atoms with Crippen LogP contribution < -0.4 is 10.1 Å². The molecule has 3 rings (SSSR count). The van der Waals surface area contributed by atoms with Gasteiger partial charge in [-0.15, -0.1) is 0 Å². The molecule has 3 aromatic carbocycles. The van der Waals surface area contributed by atoms with Gasteiger partial charge in [0.1, 0.15) is 11.6 Å². The minimum atomic E-state index is -0.457. The van der Waals surface area contributed by atoms with Crippen LogP contribution >= 0.6 is 0 Å². The van der Waals surface area contributed by atoms with Crippen molar-refractivity contribution in [1.82, 2.24) is 0 Å². The third-order valence-corrected chi connectivity index (χ3v) is 3.97. The lowest BCUT2D eigenvalue weighted by molar-refractivity contribution is 0.0602. The fourth-order valence-electron chi connectivity index (χ4n) is 2.68. The zero-order valence-electron chi connectivity index (χ0n) is 17.2. The molecule has 0 heterocycles. The van der Waals surface area contributed by atoms with Crippen molar-refractivity contribution in [2.24, 2.45) is 0 Å². The van der Waals surface area contributed by atoms with E-state index in [0.717, 1.165) is 16.9 Å². The van der Waals surface area contributed by atoms with Crippen LogP contribution in [0.2, 0.25) is 0 Å². The predicted octanol–water partition coefficient (Wildman–Crippen LogP) is 6.45. The van der Waals surface area contributed by atoms with Gasteiger partial charge >= 0.3 is 5.97 Å². The highest BCUT2D eigenvalue weighted by Crippen LogP contribution is 2.33. The SMILES string of the molecule is CCC.COC(=O)c1ccc(-c2ccccc2OC)cc1Nc1ccc(F)cc1. The molecule has 4 nitrogen and oxygen atoms in total. The van der Waals surface area contributed by atoms with Gasteiger partial charge in [0.15, 0.2) is 0 Å². The number of anilines is 2. The lowest BCUT2D eigenvalue weighted by atomic mass is 10.0. The summed E-state index contributed by atoms with van der Waals surface area (Å²) in [7, 11) is 2.94. The number of rotatable bonds is 5. The van der Waals surface area contributed by atoms with E-state index in [4.69, 9.17) is 9.47 Å². The second-order valence-electron chi connectivity index (χ2n) is 6.29. The zero-order valence-corrected chi connectivity index (χ0v) is 17.2. The molecule has 0 bridgehead atoms. The van der Waals surface area contributed by atoms with Gasteiger partial charge in [0.05, 0.1) is 25.5 Å². The van der Waals surface area contributed by atoms with Gasteiger partial charge < -0.3 is 14.8 Å². The molecule has 0 unspecified atom stereocenters. The van der Waals surface area contributed by atoms with E-state index in [9.17, 15) is 9.18 Å². The highest BCUT2D eigenvalue weighted by molar-refractivity contribution is 5.98. The Bertz CT molecular complexity index is 939. The molecule has 0 saturated carbocycles. The Morgan fingerprint density at radius 2 is 1.62 bits per heavy atom. The van der Waals surface area contributed by atoms with Gasteiger partial charge in [0.25, 0.3) is 0 Å². The Morgan fingerprint density at radius 3 is 2.24 bits per heavy atom. The van der Waals surface area contributed by atoms with E-state index in [2.05, 4.69) is 19.2 Å². The zero-order chi connectivity index (χ0) is 21.2. The summed E-state index contributed by atoms with van der Waals surface area (Å²) in [6.07, 6.45) is 1.25. The number of methoxy groups -OCH3 is 2. The fraction of sp³-hybridized carbons (Fsp3) is 0.208. The Balaban J connectivity index is 0.000000941. The molecule has 29 heavy (non-hydrogen) atoms. The summed E-state index contributed by atoms with van der Waals surface area (Å²) < 4.78 is 23.4. The van der Waals surface area contributed by atoms with Crippen LogP contribution in [0.25, 0.3) is 11.1 Å². The van der Waals surface area contributed by atoms with Crippen molar-refractivity contribution in [2.45, 2.75) is 20.3 Å². The van der Waals surface area contributed by atoms with Crippen molar-refractivity contribution in [3.05, 3.63) is 78.1 Å². The lowest BCUT2D eigenvalue weighted by Crippen LogP contribution is -2.06. The van der Waals surface area contributed by atoms with E-state index in [-0.39, 0.29) is 5.82 Å². The first kappa shape index (κ1) is 22.0. The summed E-state index contributed by atoms with van der Waals surface area (Å²) in [5.41, 5.74) is 3.38. The molecule has 0 saturated heterocycles. The van der Waals surface area contributed by atoms with Crippen LogP contribution in [0.4, 0.5) is 15.8 Å². The van der Waals surface area contributed by atoms with Crippen LogP contribution in [-0.4, -0.2) is 20.2 Å². The van der Waals surface area contributed by atoms with E-state index in [1.807, 2.05) is 36.4 Å². The van der Waals surface area contributed by atoms with Gasteiger partial charge in [-0.1, -0.05) is 44.5 Å². The Hall–Kier alpha value is -3.34. The highest BCUT2D eigenvalue weighted by atomic mass is 19.1. The van der Waals surface area contributed by atoms with Crippen molar-refractivity contribution in [1.29, 1.82) is 0 Å². The van der Waals surface area contributed by atoms with Gasteiger partial charge in [0.2, 0.25) is 0 Å². The van der Waals surface area contributed by atoms with Crippen molar-refractivity contribution in [3.63, 3.8) is 0 Å². The number of hydrogen-bond donors (Lipinski definition) is 1. The normalized spacial score (nSPS) is 9.83. The molecule has 0 atom stereocenters. The van der Waals surface area contributed by atoms with E-state index in [1.54, 1.807) is 25.3 Å². The van der Waals surface area contributed by atoms with Crippen LogP contribution in [0.5, 0.6) is 5.75 Å². The number of ether oxygens (including phenoxy) is 2. The first-order valence-electron chi connectivity index (χ1n) is 9.42. The molecule has 0 fully saturated rings. The van der Waals surface area contributed by atoms with E-state index >= 15 is 0 Å². The average Bonchev–Trinajstić information content (AvgIpc) is 2.75. The van der Waals surface area contributed by atoms with Gasteiger partial charge in [-0.25, -0.2) is 9.18 Å². The Kier molecular flexibility index (Phi) is 8.22. The molecule has 1 N–H and O–H groups in total. The number of para-hydroxylation sites is 1. The van der Waals surface area contributed by atoms with E-state index in [1.165, 1.54) is 25.7 Å². The minimum Gasteiger partial charge on any atom is -0.496 e. The Morgan fingerprint density at radius 1 is 0.966 bits per heavy atom. The molecule has 0 aromatic heterocycles. The molecule has 0 aliphatic carbocycles. The maximum Gasteiger partial charge on any atom is 0.339 e. The number of carbonyl (C=O) groups is 1. The van der Waals surface area contributed by atoms with E-state index in [0.29, 0.717) is 16.9 Å². The van der Waals surface area contributed by atoms with Crippen LogP contribution in [0.1, 0.15) is 30.6 Å². The fourth-order valence-corrected chi connectivity index (χ4v) is 2.68. The topological polar surface area (TPSA) is 47.6 Å². The number of esters is 1. The average molecular weight is 395 g/mol. The maximum absolute atomic E-state index is 13.1. The first-order chi connectivity index (χ1) is 14.0. The van der Waals surface area contributed by atoms with Gasteiger partial charge in [0, 0.05) is 11.3 Å². The summed E-state index contributed by atoms with van der Waals surface area (Å²) in [4.78, 5) is 12.1. The monoisotopic (exact) mass is 395 g/mol. The van der Waals surface area contributed by atoms with Crippen molar-refractivity contribution in [3.8, 4) is 16.9 Å². The summed E-state index contributed by atoms with van der Waals surface area (Å²) in [6.45, 7) is 4.25. The molecule has 0 amide bonds. The Labute approximate surface area is 171 Å². The number of carbonyl (C=O) groups excluding carboxylic acids is 1. The summed E-state index contributed by atoms with van der Waals surface area (Å²) >= 11 is 0. The molecular weight excluding hydrogens is 369 g/mol. The smallest absolute Gasteiger partial charge is 0.339 e. The number of benzene rings is 3. The summed E-state index contributed by atoms with van der Waals surface area (Å²) in [5.74, 6) is -0.0567. The van der Waals surface area contributed by atoms with Crippen LogP contribution in [0, 0.1) is 5.82 Å². The molecule has 0 aliphatic rings. The van der Waals surface area contributed by atoms with Crippen molar-refractivity contribution >= 4 is 17.3 Å². The molecule has 0 spiro atoms. The number of hydrogen-bond acceptors (Lipinski definition) is 4. The first-order valence-corrected chi connectivity index (χ1v) is 9.42. The number of halogens is 1. The van der Waals surface area contributed by atoms with Gasteiger partial charge in [-0.2, -0.15) is 0 Å². The summed E-state index contributed by atoms with van der Waals surface area (Å²) in [5, 5.41) is 3.15. The van der Waals surface area contributed by atoms with Gasteiger partial charge in [-0.05, 0) is 48.0 Å². The molecule has 3 aromatic rings. The lowest BCUT2D eigenvalue weighted by Gasteiger charge is -2.14. The standard InChI is InChI=1S/C21H18FNO3.C3H8/c1-25-20-6-4-3-5-17(20)14-7-12-18(21(24)26-2)19(13-14)23-16-10-8-15(22)9-11-16;1-3-2/h3-13,23H,1-2H3;3H2,1-2H3. The second kappa shape index (κ2) is 10.9. The quantitative estimate of drug-likeness (QED) is 0.505. The van der Waals surface area contributed by atoms with Crippen molar-refractivity contribution < 1.29 is 18.7 Å². The summed E-state index contributed by atoms with van der Waals surface area (Å²) in [6, 6.07) is 18.9. The van der Waals surface area contributed by atoms with Crippen LogP contribution in [0.15, 0.2) is 66.7 Å². The number of nitrogens with one attached hydrogen (secondary N) is 1. The molecule has 5 heteroatoms. The van der Waals surface area contributed by atoms with E-state index < -0.39 is 5.97 Å². The van der Waals surface area contributed by atoms with Gasteiger partial charge in [-0.3, -0.25) is 0 Å². The van der Waals surface area contributed by atoms with Crippen molar-refractivity contribution in [2.75, 3.05) is 19.5 Å². The molecule has 152 valence electrons. The third kappa shape index (κ3) is 5.82. The van der Waals surface area contributed by atoms with Crippen LogP contribution in [-0.2, 0) is 4.74 Å². The minimum absolute atomic E-state index is 0.327. The largest absolute Gasteiger partial charge is 0.496 e. The molecule has 0 aliphatic heterocycles. The molecule has 0 radical (unpaired) electrons. The second-order valence-corrected chi connectivity index (χ2v) is 6.29. The molecular formula is C24H26FNO3. The third-order valence-electron chi connectivity index (χ3n) is 3.97. The highest BCUT2D eigenvalue weighted by Gasteiger charge is 2.15.